The van der Waals surface area contributed by atoms with Gasteiger partial charge >= 0.3 is 0 Å². The third-order valence-corrected chi connectivity index (χ3v) is 2.61. The van der Waals surface area contributed by atoms with Crippen molar-refractivity contribution < 1.29 is 4.79 Å². The summed E-state index contributed by atoms with van der Waals surface area (Å²) in [4.78, 5) is 13.4. The number of rotatable bonds is 6. The summed E-state index contributed by atoms with van der Waals surface area (Å²) in [5.74, 6) is 0.0363. The van der Waals surface area contributed by atoms with Crippen molar-refractivity contribution >= 4 is 17.3 Å². The maximum atomic E-state index is 11.2. The van der Waals surface area contributed by atoms with Crippen molar-refractivity contribution in [3.05, 3.63) is 24.3 Å². The van der Waals surface area contributed by atoms with E-state index in [-0.39, 0.29) is 5.91 Å². The second-order valence-corrected chi connectivity index (χ2v) is 4.01. The van der Waals surface area contributed by atoms with E-state index in [1.54, 1.807) is 0 Å². The molecule has 1 aromatic rings. The quantitative estimate of drug-likeness (QED) is 0.790. The van der Waals surface area contributed by atoms with Crippen LogP contribution in [0.4, 0.5) is 11.4 Å². The fourth-order valence-corrected chi connectivity index (χ4v) is 1.51. The molecule has 1 amide bonds. The molecule has 3 N–H and O–H groups in total. The van der Waals surface area contributed by atoms with Crippen molar-refractivity contribution in [1.29, 1.82) is 0 Å². The minimum atomic E-state index is 0.0363. The Bertz CT molecular complexity index is 348. The van der Waals surface area contributed by atoms with Gasteiger partial charge < -0.3 is 16.0 Å². The fraction of sp³-hybridized carbons (Fsp3) is 0.462. The summed E-state index contributed by atoms with van der Waals surface area (Å²) in [5, 5.41) is 2.82. The predicted molar refractivity (Wildman–Crippen MR) is 72.3 cm³/mol. The molecular weight excluding hydrogens is 214 g/mol. The first-order chi connectivity index (χ1) is 8.17. The SMILES string of the molecule is CCC(=O)Nc1ccc(N(C)CCCN)cc1. The van der Waals surface area contributed by atoms with Gasteiger partial charge in [0.1, 0.15) is 0 Å². The van der Waals surface area contributed by atoms with Crippen LogP contribution in [-0.4, -0.2) is 26.0 Å². The molecule has 0 heterocycles. The standard InChI is InChI=1S/C13H21N3O/c1-3-13(17)15-11-5-7-12(8-6-11)16(2)10-4-9-14/h5-8H,3-4,9-10,14H2,1-2H3,(H,15,17). The first-order valence-corrected chi connectivity index (χ1v) is 5.98. The highest BCUT2D eigenvalue weighted by Gasteiger charge is 2.02. The van der Waals surface area contributed by atoms with Gasteiger partial charge in [0.25, 0.3) is 0 Å². The zero-order valence-electron chi connectivity index (χ0n) is 10.6. The van der Waals surface area contributed by atoms with Gasteiger partial charge in [0.15, 0.2) is 0 Å². The molecule has 0 unspecified atom stereocenters. The molecule has 1 rings (SSSR count). The normalized spacial score (nSPS) is 10.1. The van der Waals surface area contributed by atoms with E-state index in [4.69, 9.17) is 5.73 Å². The van der Waals surface area contributed by atoms with Crippen LogP contribution >= 0.6 is 0 Å². The first-order valence-electron chi connectivity index (χ1n) is 5.98. The van der Waals surface area contributed by atoms with E-state index in [2.05, 4.69) is 10.2 Å². The zero-order valence-corrected chi connectivity index (χ0v) is 10.6. The second kappa shape index (κ2) is 6.91. The maximum absolute atomic E-state index is 11.2. The summed E-state index contributed by atoms with van der Waals surface area (Å²) in [6, 6.07) is 7.84. The van der Waals surface area contributed by atoms with E-state index in [0.29, 0.717) is 13.0 Å². The Hall–Kier alpha value is -1.55. The van der Waals surface area contributed by atoms with Gasteiger partial charge in [-0.25, -0.2) is 0 Å². The van der Waals surface area contributed by atoms with Gasteiger partial charge in [-0.2, -0.15) is 0 Å². The maximum Gasteiger partial charge on any atom is 0.224 e. The lowest BCUT2D eigenvalue weighted by molar-refractivity contribution is -0.115. The lowest BCUT2D eigenvalue weighted by Gasteiger charge is -2.19. The number of hydrogen-bond donors (Lipinski definition) is 2. The molecule has 0 aliphatic heterocycles. The minimum Gasteiger partial charge on any atom is -0.375 e. The van der Waals surface area contributed by atoms with Crippen molar-refractivity contribution in [2.75, 3.05) is 30.4 Å². The molecular formula is C13H21N3O. The number of nitrogens with two attached hydrogens (primary N) is 1. The summed E-state index contributed by atoms with van der Waals surface area (Å²) in [6.07, 6.45) is 1.48. The number of benzene rings is 1. The number of carbonyl (C=O) groups excluding carboxylic acids is 1. The lowest BCUT2D eigenvalue weighted by atomic mass is 10.2. The van der Waals surface area contributed by atoms with E-state index in [0.717, 1.165) is 24.3 Å². The number of anilines is 2. The molecule has 4 nitrogen and oxygen atoms in total. The van der Waals surface area contributed by atoms with E-state index in [1.807, 2.05) is 38.2 Å². The lowest BCUT2D eigenvalue weighted by Crippen LogP contribution is -2.20. The van der Waals surface area contributed by atoms with Gasteiger partial charge in [-0.3, -0.25) is 4.79 Å². The van der Waals surface area contributed by atoms with Crippen LogP contribution in [0.15, 0.2) is 24.3 Å². The number of amides is 1. The Morgan fingerprint density at radius 3 is 2.53 bits per heavy atom. The van der Waals surface area contributed by atoms with Crippen molar-refractivity contribution in [2.45, 2.75) is 19.8 Å². The molecule has 4 heteroatoms. The highest BCUT2D eigenvalue weighted by Crippen LogP contribution is 2.17. The second-order valence-electron chi connectivity index (χ2n) is 4.01. The molecule has 0 bridgehead atoms. The minimum absolute atomic E-state index is 0.0363. The van der Waals surface area contributed by atoms with Crippen molar-refractivity contribution in [3.63, 3.8) is 0 Å². The Morgan fingerprint density at radius 2 is 2.00 bits per heavy atom. The fourth-order valence-electron chi connectivity index (χ4n) is 1.51. The average molecular weight is 235 g/mol. The summed E-state index contributed by atoms with van der Waals surface area (Å²) in [7, 11) is 2.04. The number of nitrogens with zero attached hydrogens (tertiary/aromatic N) is 1. The van der Waals surface area contributed by atoms with Crippen LogP contribution in [0.5, 0.6) is 0 Å². The highest BCUT2D eigenvalue weighted by molar-refractivity contribution is 5.90. The molecule has 0 aromatic heterocycles. The van der Waals surface area contributed by atoms with Crippen LogP contribution in [0.1, 0.15) is 19.8 Å². The smallest absolute Gasteiger partial charge is 0.224 e. The molecule has 1 aromatic carbocycles. The zero-order chi connectivity index (χ0) is 12.7. The van der Waals surface area contributed by atoms with Gasteiger partial charge in [-0.15, -0.1) is 0 Å². The molecule has 17 heavy (non-hydrogen) atoms. The molecule has 94 valence electrons. The van der Waals surface area contributed by atoms with Crippen LogP contribution in [0.3, 0.4) is 0 Å². The van der Waals surface area contributed by atoms with Gasteiger partial charge in [0.2, 0.25) is 5.91 Å². The van der Waals surface area contributed by atoms with Crippen molar-refractivity contribution in [2.24, 2.45) is 5.73 Å². The highest BCUT2D eigenvalue weighted by atomic mass is 16.1. The molecule has 0 aliphatic rings. The predicted octanol–water partition coefficient (Wildman–Crippen LogP) is 1.82. The molecule has 0 fully saturated rings. The molecule has 0 spiro atoms. The monoisotopic (exact) mass is 235 g/mol. The van der Waals surface area contributed by atoms with Gasteiger partial charge in [0.05, 0.1) is 0 Å². The van der Waals surface area contributed by atoms with Crippen LogP contribution in [-0.2, 0) is 4.79 Å². The van der Waals surface area contributed by atoms with E-state index >= 15 is 0 Å². The van der Waals surface area contributed by atoms with Gasteiger partial charge in [-0.1, -0.05) is 6.92 Å². The van der Waals surface area contributed by atoms with E-state index in [1.165, 1.54) is 0 Å². The molecule has 0 saturated heterocycles. The topological polar surface area (TPSA) is 58.4 Å². The molecule has 0 aliphatic carbocycles. The summed E-state index contributed by atoms with van der Waals surface area (Å²) in [6.45, 7) is 3.48. The Labute approximate surface area is 103 Å². The van der Waals surface area contributed by atoms with E-state index in [9.17, 15) is 4.79 Å². The Kier molecular flexibility index (Phi) is 5.49. The number of carbonyl (C=O) groups is 1. The van der Waals surface area contributed by atoms with Crippen LogP contribution in [0.25, 0.3) is 0 Å². The third-order valence-electron chi connectivity index (χ3n) is 2.61. The summed E-state index contributed by atoms with van der Waals surface area (Å²) >= 11 is 0. The van der Waals surface area contributed by atoms with Gasteiger partial charge in [-0.05, 0) is 37.2 Å². The first kappa shape index (κ1) is 13.5. The molecule has 0 radical (unpaired) electrons. The van der Waals surface area contributed by atoms with E-state index < -0.39 is 0 Å². The number of hydrogen-bond acceptors (Lipinski definition) is 3. The molecule has 0 atom stereocenters. The Morgan fingerprint density at radius 1 is 1.35 bits per heavy atom. The third kappa shape index (κ3) is 4.44. The van der Waals surface area contributed by atoms with Crippen molar-refractivity contribution in [3.8, 4) is 0 Å². The summed E-state index contributed by atoms with van der Waals surface area (Å²) in [5.41, 5.74) is 7.45. The van der Waals surface area contributed by atoms with Crippen LogP contribution in [0.2, 0.25) is 0 Å². The van der Waals surface area contributed by atoms with Crippen molar-refractivity contribution in [1.82, 2.24) is 0 Å². The van der Waals surface area contributed by atoms with Gasteiger partial charge in [0, 0.05) is 31.4 Å². The van der Waals surface area contributed by atoms with Crippen LogP contribution < -0.4 is 16.0 Å². The average Bonchev–Trinajstić information content (AvgIpc) is 2.36. The Balaban J connectivity index is 2.57. The summed E-state index contributed by atoms with van der Waals surface area (Å²) < 4.78 is 0. The van der Waals surface area contributed by atoms with Crippen LogP contribution in [0, 0.1) is 0 Å². The largest absolute Gasteiger partial charge is 0.375 e. The number of nitrogens with one attached hydrogen (secondary N) is 1. The molecule has 0 saturated carbocycles.